The standard InChI is InChI=1S/C26H23ClN2O4/c1-3-33-21-14-18(10-11-20(21)27)24(30)22-23(17-8-6-7-16(2)13-17)29(26(32)25(22)31)15-19-9-4-5-12-28-19/h4-14,23,30H,3,15H2,1-2H3/b24-22-. The third-order valence-corrected chi connectivity index (χ3v) is 5.77. The Morgan fingerprint density at radius 2 is 1.94 bits per heavy atom. The van der Waals surface area contributed by atoms with Gasteiger partial charge >= 0.3 is 0 Å². The van der Waals surface area contributed by atoms with Gasteiger partial charge in [0.25, 0.3) is 11.7 Å². The van der Waals surface area contributed by atoms with Crippen LogP contribution < -0.4 is 4.74 Å². The zero-order valence-corrected chi connectivity index (χ0v) is 19.0. The Morgan fingerprint density at radius 1 is 1.12 bits per heavy atom. The molecule has 0 bridgehead atoms. The van der Waals surface area contributed by atoms with Crippen molar-refractivity contribution in [2.45, 2.75) is 26.4 Å². The van der Waals surface area contributed by atoms with Crippen LogP contribution >= 0.6 is 11.6 Å². The van der Waals surface area contributed by atoms with E-state index in [1.54, 1.807) is 36.5 Å². The van der Waals surface area contributed by atoms with Crippen molar-refractivity contribution in [3.05, 3.63) is 99.8 Å². The number of carbonyl (C=O) groups excluding carboxylic acids is 2. The maximum atomic E-state index is 13.2. The van der Waals surface area contributed by atoms with Crippen LogP contribution in [0.2, 0.25) is 5.02 Å². The minimum atomic E-state index is -0.766. The lowest BCUT2D eigenvalue weighted by Crippen LogP contribution is -2.29. The van der Waals surface area contributed by atoms with Crippen LogP contribution in [0.1, 0.15) is 35.3 Å². The summed E-state index contributed by atoms with van der Waals surface area (Å²) in [7, 11) is 0. The van der Waals surface area contributed by atoms with Gasteiger partial charge in [-0.3, -0.25) is 14.6 Å². The van der Waals surface area contributed by atoms with E-state index in [1.807, 2.05) is 44.2 Å². The van der Waals surface area contributed by atoms with E-state index in [2.05, 4.69) is 4.98 Å². The summed E-state index contributed by atoms with van der Waals surface area (Å²) in [6.45, 7) is 4.28. The molecular weight excluding hydrogens is 440 g/mol. The van der Waals surface area contributed by atoms with E-state index in [0.29, 0.717) is 28.6 Å². The number of aliphatic hydroxyl groups is 1. The van der Waals surface area contributed by atoms with Crippen molar-refractivity contribution in [1.82, 2.24) is 9.88 Å². The number of ether oxygens (including phenoxy) is 1. The average Bonchev–Trinajstić information content (AvgIpc) is 3.06. The summed E-state index contributed by atoms with van der Waals surface area (Å²) in [4.78, 5) is 32.0. The van der Waals surface area contributed by atoms with Crippen molar-refractivity contribution < 1.29 is 19.4 Å². The Bertz CT molecular complexity index is 1240. The summed E-state index contributed by atoms with van der Waals surface area (Å²) in [5.74, 6) is -1.32. The number of aromatic nitrogens is 1. The quantitative estimate of drug-likeness (QED) is 0.314. The second-order valence-electron chi connectivity index (χ2n) is 7.74. The molecule has 4 rings (SSSR count). The lowest BCUT2D eigenvalue weighted by atomic mass is 9.94. The molecule has 0 saturated carbocycles. The van der Waals surface area contributed by atoms with Crippen LogP contribution in [-0.4, -0.2) is 33.3 Å². The number of hydrogen-bond donors (Lipinski definition) is 1. The zero-order valence-electron chi connectivity index (χ0n) is 18.3. The van der Waals surface area contributed by atoms with Crippen molar-refractivity contribution in [3.63, 3.8) is 0 Å². The molecule has 33 heavy (non-hydrogen) atoms. The van der Waals surface area contributed by atoms with Crippen molar-refractivity contribution in [3.8, 4) is 5.75 Å². The minimum Gasteiger partial charge on any atom is -0.507 e. The third kappa shape index (κ3) is 4.47. The van der Waals surface area contributed by atoms with E-state index in [1.165, 1.54) is 4.90 Å². The van der Waals surface area contributed by atoms with Crippen LogP contribution in [0.15, 0.2) is 72.4 Å². The molecule has 6 nitrogen and oxygen atoms in total. The highest BCUT2D eigenvalue weighted by atomic mass is 35.5. The van der Waals surface area contributed by atoms with Crippen molar-refractivity contribution in [2.24, 2.45) is 0 Å². The first-order chi connectivity index (χ1) is 15.9. The van der Waals surface area contributed by atoms with Crippen LogP contribution in [0.25, 0.3) is 5.76 Å². The van der Waals surface area contributed by atoms with Crippen LogP contribution in [0.4, 0.5) is 0 Å². The molecule has 1 aliphatic rings. The van der Waals surface area contributed by atoms with E-state index < -0.39 is 17.7 Å². The molecule has 1 amide bonds. The number of halogens is 1. The maximum absolute atomic E-state index is 13.2. The molecule has 3 aromatic rings. The Morgan fingerprint density at radius 3 is 2.64 bits per heavy atom. The SMILES string of the molecule is CCOc1cc(/C(O)=C2/C(=O)C(=O)N(Cc3ccccn3)C2c2cccc(C)c2)ccc1Cl. The number of rotatable bonds is 6. The van der Waals surface area contributed by atoms with Crippen molar-refractivity contribution in [2.75, 3.05) is 6.61 Å². The molecule has 2 aromatic carbocycles. The fourth-order valence-electron chi connectivity index (χ4n) is 3.97. The van der Waals surface area contributed by atoms with Crippen LogP contribution in [-0.2, 0) is 16.1 Å². The normalized spacial score (nSPS) is 17.4. The number of hydrogen-bond acceptors (Lipinski definition) is 5. The Kier molecular flexibility index (Phi) is 6.47. The molecule has 1 aliphatic heterocycles. The largest absolute Gasteiger partial charge is 0.507 e. The number of nitrogens with zero attached hydrogens (tertiary/aromatic N) is 2. The second kappa shape index (κ2) is 9.46. The number of likely N-dealkylation sites (tertiary alicyclic amines) is 1. The number of aryl methyl sites for hydroxylation is 1. The Balaban J connectivity index is 1.87. The highest BCUT2D eigenvalue weighted by Crippen LogP contribution is 2.41. The first-order valence-electron chi connectivity index (χ1n) is 10.6. The van der Waals surface area contributed by atoms with Crippen molar-refractivity contribution in [1.29, 1.82) is 0 Å². The third-order valence-electron chi connectivity index (χ3n) is 5.46. The number of aliphatic hydroxyl groups excluding tert-OH is 1. The smallest absolute Gasteiger partial charge is 0.296 e. The molecule has 0 aliphatic carbocycles. The number of ketones is 1. The van der Waals surface area contributed by atoms with E-state index in [9.17, 15) is 14.7 Å². The predicted molar refractivity (Wildman–Crippen MR) is 126 cm³/mol. The summed E-state index contributed by atoms with van der Waals surface area (Å²) >= 11 is 6.19. The highest BCUT2D eigenvalue weighted by Gasteiger charge is 2.46. The van der Waals surface area contributed by atoms with Gasteiger partial charge in [-0.25, -0.2) is 0 Å². The molecule has 0 radical (unpaired) electrons. The van der Waals surface area contributed by atoms with Gasteiger partial charge in [-0.1, -0.05) is 47.5 Å². The lowest BCUT2D eigenvalue weighted by Gasteiger charge is -2.25. The van der Waals surface area contributed by atoms with E-state index in [0.717, 1.165) is 11.1 Å². The van der Waals surface area contributed by atoms with Crippen LogP contribution in [0, 0.1) is 6.92 Å². The summed E-state index contributed by atoms with van der Waals surface area (Å²) in [6.07, 6.45) is 1.64. The molecule has 1 atom stereocenters. The van der Waals surface area contributed by atoms with Gasteiger partial charge in [-0.2, -0.15) is 0 Å². The number of Topliss-reactive ketones (excluding diaryl/α,β-unsaturated/α-hetero) is 1. The summed E-state index contributed by atoms with van der Waals surface area (Å²) < 4.78 is 5.53. The van der Waals surface area contributed by atoms with Gasteiger partial charge in [-0.15, -0.1) is 0 Å². The maximum Gasteiger partial charge on any atom is 0.296 e. The molecule has 0 spiro atoms. The number of amides is 1. The molecule has 1 aromatic heterocycles. The molecule has 1 N–H and O–H groups in total. The van der Waals surface area contributed by atoms with Gasteiger partial charge in [0, 0.05) is 11.8 Å². The summed E-state index contributed by atoms with van der Waals surface area (Å²) in [5.41, 5.74) is 2.71. The van der Waals surface area contributed by atoms with Gasteiger partial charge < -0.3 is 14.7 Å². The Labute approximate surface area is 197 Å². The molecule has 2 heterocycles. The number of benzene rings is 2. The number of pyridine rings is 1. The molecule has 1 fully saturated rings. The van der Waals surface area contributed by atoms with E-state index in [-0.39, 0.29) is 17.9 Å². The van der Waals surface area contributed by atoms with Crippen LogP contribution in [0.3, 0.4) is 0 Å². The summed E-state index contributed by atoms with van der Waals surface area (Å²) in [6, 6.07) is 16.9. The monoisotopic (exact) mass is 462 g/mol. The van der Waals surface area contributed by atoms with Gasteiger partial charge in [0.2, 0.25) is 0 Å². The summed E-state index contributed by atoms with van der Waals surface area (Å²) in [5, 5.41) is 11.6. The first-order valence-corrected chi connectivity index (χ1v) is 11.0. The fraction of sp³-hybridized carbons (Fsp3) is 0.192. The van der Waals surface area contributed by atoms with E-state index >= 15 is 0 Å². The van der Waals surface area contributed by atoms with Gasteiger partial charge in [0.1, 0.15) is 11.5 Å². The van der Waals surface area contributed by atoms with Gasteiger partial charge in [0.15, 0.2) is 0 Å². The highest BCUT2D eigenvalue weighted by molar-refractivity contribution is 6.46. The molecule has 168 valence electrons. The van der Waals surface area contributed by atoms with Crippen LogP contribution in [0.5, 0.6) is 5.75 Å². The van der Waals surface area contributed by atoms with E-state index in [4.69, 9.17) is 16.3 Å². The number of carbonyl (C=O) groups is 2. The molecular formula is C26H23ClN2O4. The van der Waals surface area contributed by atoms with Gasteiger partial charge in [-0.05, 0) is 49.7 Å². The first kappa shape index (κ1) is 22.6. The Hall–Kier alpha value is -3.64. The minimum absolute atomic E-state index is 0.0197. The zero-order chi connectivity index (χ0) is 23.5. The molecule has 7 heteroatoms. The second-order valence-corrected chi connectivity index (χ2v) is 8.15. The average molecular weight is 463 g/mol. The molecule has 1 saturated heterocycles. The van der Waals surface area contributed by atoms with Gasteiger partial charge in [0.05, 0.1) is 35.5 Å². The topological polar surface area (TPSA) is 79.7 Å². The molecule has 1 unspecified atom stereocenters. The predicted octanol–water partition coefficient (Wildman–Crippen LogP) is 5.06. The fourth-order valence-corrected chi connectivity index (χ4v) is 4.14. The lowest BCUT2D eigenvalue weighted by molar-refractivity contribution is -0.140. The van der Waals surface area contributed by atoms with Crippen molar-refractivity contribution >= 4 is 29.1 Å².